The van der Waals surface area contributed by atoms with Crippen molar-refractivity contribution in [2.24, 2.45) is 0 Å². The average molecular weight is 383 g/mol. The minimum Gasteiger partial charge on any atom is -0.337 e. The van der Waals surface area contributed by atoms with Gasteiger partial charge in [-0.05, 0) is 55.4 Å². The lowest BCUT2D eigenvalue weighted by molar-refractivity contribution is 0.374. The first kappa shape index (κ1) is 17.0. The quantitative estimate of drug-likeness (QED) is 0.597. The van der Waals surface area contributed by atoms with Gasteiger partial charge in [0.2, 0.25) is 0 Å². The van der Waals surface area contributed by atoms with Crippen LogP contribution in [-0.2, 0) is 11.8 Å². The van der Waals surface area contributed by atoms with Gasteiger partial charge in [0.25, 0.3) is 0 Å². The number of nitrogens with zero attached hydrogens (tertiary/aromatic N) is 4. The van der Waals surface area contributed by atoms with Crippen LogP contribution in [0.2, 0.25) is 0 Å². The molecule has 0 fully saturated rings. The third-order valence-corrected chi connectivity index (χ3v) is 7.47. The Bertz CT molecular complexity index is 1140. The van der Waals surface area contributed by atoms with Gasteiger partial charge in [-0.25, -0.2) is 9.97 Å². The Labute approximate surface area is 172 Å². The Morgan fingerprint density at radius 2 is 2.00 bits per heavy atom. The highest BCUT2D eigenvalue weighted by atomic mass is 15.4. The second kappa shape index (κ2) is 5.82. The maximum absolute atomic E-state index is 5.04. The molecule has 4 heteroatoms. The Morgan fingerprint density at radius 1 is 1.14 bits per heavy atom. The fraction of sp³-hybridized carbons (Fsp3) is 0.360. The van der Waals surface area contributed by atoms with Gasteiger partial charge in [0.15, 0.2) is 11.6 Å². The molecule has 0 saturated carbocycles. The summed E-state index contributed by atoms with van der Waals surface area (Å²) in [5, 5.41) is 0. The zero-order valence-corrected chi connectivity index (χ0v) is 17.3. The fourth-order valence-electron chi connectivity index (χ4n) is 5.77. The molecule has 2 bridgehead atoms. The Hall–Kier alpha value is -2.88. The molecule has 146 valence electrons. The Balaban J connectivity index is 1.51. The Morgan fingerprint density at radius 3 is 2.83 bits per heavy atom. The smallest absolute Gasteiger partial charge is 0.161 e. The molecule has 3 aromatic rings. The number of hydrogen-bond donors (Lipinski definition) is 0. The Kier molecular flexibility index (Phi) is 3.41. The van der Waals surface area contributed by atoms with Crippen molar-refractivity contribution in [2.45, 2.75) is 51.1 Å². The van der Waals surface area contributed by atoms with E-state index in [4.69, 9.17) is 9.97 Å². The molecule has 0 saturated heterocycles. The normalized spacial score (nSPS) is 23.8. The highest BCUT2D eigenvalue weighted by Gasteiger charge is 2.47. The third kappa shape index (κ3) is 2.20. The maximum atomic E-state index is 5.04. The van der Waals surface area contributed by atoms with Gasteiger partial charge in [0.1, 0.15) is 11.9 Å². The van der Waals surface area contributed by atoms with Crippen LogP contribution in [0.5, 0.6) is 0 Å². The van der Waals surface area contributed by atoms with E-state index in [1.54, 1.807) is 0 Å². The lowest BCUT2D eigenvalue weighted by Crippen LogP contribution is -2.38. The summed E-state index contributed by atoms with van der Waals surface area (Å²) in [6.45, 7) is 4.47. The van der Waals surface area contributed by atoms with Gasteiger partial charge in [0, 0.05) is 23.7 Å². The molecule has 6 rings (SSSR count). The first-order valence-electron chi connectivity index (χ1n) is 10.7. The van der Waals surface area contributed by atoms with Crippen molar-refractivity contribution in [3.8, 4) is 11.4 Å². The predicted molar refractivity (Wildman–Crippen MR) is 118 cm³/mol. The lowest BCUT2D eigenvalue weighted by atomic mass is 9.76. The summed E-state index contributed by atoms with van der Waals surface area (Å²) >= 11 is 0. The molecule has 0 N–H and O–H groups in total. The summed E-state index contributed by atoms with van der Waals surface area (Å²) in [5.74, 6) is 1.86. The zero-order chi connectivity index (χ0) is 19.8. The molecule has 3 heterocycles. The molecule has 3 aliphatic rings. The van der Waals surface area contributed by atoms with E-state index in [1.165, 1.54) is 41.6 Å². The number of anilines is 3. The zero-order valence-electron chi connectivity index (χ0n) is 17.3. The van der Waals surface area contributed by atoms with Crippen LogP contribution in [0.4, 0.5) is 17.2 Å². The van der Waals surface area contributed by atoms with Crippen LogP contribution in [0.1, 0.15) is 42.9 Å². The number of hydrogen-bond acceptors (Lipinski definition) is 4. The van der Waals surface area contributed by atoms with Crippen LogP contribution in [0, 0.1) is 6.92 Å². The van der Waals surface area contributed by atoms with Crippen molar-refractivity contribution in [3.05, 3.63) is 65.4 Å². The predicted octanol–water partition coefficient (Wildman–Crippen LogP) is 5.36. The highest BCUT2D eigenvalue weighted by Crippen LogP contribution is 2.55. The molecule has 2 aromatic carbocycles. The van der Waals surface area contributed by atoms with Crippen LogP contribution in [-0.4, -0.2) is 23.2 Å². The summed E-state index contributed by atoms with van der Waals surface area (Å²) in [6, 6.07) is 15.5. The summed E-state index contributed by atoms with van der Waals surface area (Å²) < 4.78 is 0. The molecule has 1 aromatic heterocycles. The van der Waals surface area contributed by atoms with Gasteiger partial charge in [-0.3, -0.25) is 0 Å². The number of aromatic nitrogens is 2. The molecular formula is C25H26N4. The number of fused-ring (bicyclic) bond motifs is 5. The molecular weight excluding hydrogens is 356 g/mol. The van der Waals surface area contributed by atoms with Gasteiger partial charge in [-0.2, -0.15) is 0 Å². The van der Waals surface area contributed by atoms with Crippen molar-refractivity contribution in [2.75, 3.05) is 16.8 Å². The van der Waals surface area contributed by atoms with Crippen LogP contribution in [0.25, 0.3) is 11.4 Å². The second-order valence-corrected chi connectivity index (χ2v) is 8.88. The summed E-state index contributed by atoms with van der Waals surface area (Å²) in [7, 11) is 2.19. The van der Waals surface area contributed by atoms with Gasteiger partial charge < -0.3 is 9.80 Å². The van der Waals surface area contributed by atoms with E-state index in [0.29, 0.717) is 11.6 Å². The molecule has 0 amide bonds. The molecule has 4 nitrogen and oxygen atoms in total. The van der Waals surface area contributed by atoms with E-state index < -0.39 is 0 Å². The molecule has 0 radical (unpaired) electrons. The van der Waals surface area contributed by atoms with Gasteiger partial charge >= 0.3 is 0 Å². The SMILES string of the molecule is CCC12CCC3N(C)c4nc(-c5ccccc5C)ncc4N3c3ccc(cc31)C2. The monoisotopic (exact) mass is 382 g/mol. The molecule has 29 heavy (non-hydrogen) atoms. The van der Waals surface area contributed by atoms with Crippen LogP contribution >= 0.6 is 0 Å². The number of aryl methyl sites for hydroxylation is 1. The van der Waals surface area contributed by atoms with E-state index in [1.807, 2.05) is 6.20 Å². The average Bonchev–Trinajstić information content (AvgIpc) is 3.14. The standard InChI is InChI=1S/C25H26N4/c1-4-25-12-11-22-28(3)24-21(29(22)20-10-9-17(14-25)13-19(20)25)15-26-23(27-24)18-8-6-5-7-16(18)2/h5-10,13,15,22H,4,11-12,14H2,1-3H3. The van der Waals surface area contributed by atoms with Crippen LogP contribution in [0.15, 0.2) is 48.7 Å². The summed E-state index contributed by atoms with van der Waals surface area (Å²) in [4.78, 5) is 14.7. The lowest BCUT2D eigenvalue weighted by Gasteiger charge is -2.29. The van der Waals surface area contributed by atoms with Gasteiger partial charge in [-0.15, -0.1) is 0 Å². The largest absolute Gasteiger partial charge is 0.337 e. The van der Waals surface area contributed by atoms with E-state index in [0.717, 1.165) is 29.3 Å². The minimum absolute atomic E-state index is 0.307. The number of rotatable bonds is 2. The first-order valence-corrected chi connectivity index (χ1v) is 10.7. The highest BCUT2D eigenvalue weighted by molar-refractivity contribution is 5.84. The first-order chi connectivity index (χ1) is 14.1. The summed E-state index contributed by atoms with van der Waals surface area (Å²) in [5.41, 5.74) is 8.14. The molecule has 2 aliphatic heterocycles. The van der Waals surface area contributed by atoms with Gasteiger partial charge in [-0.1, -0.05) is 43.3 Å². The van der Waals surface area contributed by atoms with Crippen molar-refractivity contribution >= 4 is 17.2 Å². The summed E-state index contributed by atoms with van der Waals surface area (Å²) in [6.07, 6.45) is 7.10. The fourth-order valence-corrected chi connectivity index (χ4v) is 5.77. The van der Waals surface area contributed by atoms with Crippen molar-refractivity contribution in [3.63, 3.8) is 0 Å². The van der Waals surface area contributed by atoms with Crippen LogP contribution in [0.3, 0.4) is 0 Å². The van der Waals surface area contributed by atoms with E-state index >= 15 is 0 Å². The van der Waals surface area contributed by atoms with E-state index in [2.05, 4.69) is 73.2 Å². The molecule has 2 unspecified atom stereocenters. The van der Waals surface area contributed by atoms with Crippen molar-refractivity contribution in [1.82, 2.24) is 9.97 Å². The second-order valence-electron chi connectivity index (χ2n) is 8.88. The van der Waals surface area contributed by atoms with E-state index in [9.17, 15) is 0 Å². The van der Waals surface area contributed by atoms with Crippen molar-refractivity contribution < 1.29 is 0 Å². The van der Waals surface area contributed by atoms with Gasteiger partial charge in [0.05, 0.1) is 6.20 Å². The third-order valence-electron chi connectivity index (χ3n) is 7.47. The number of benzene rings is 2. The molecule has 1 aliphatic carbocycles. The minimum atomic E-state index is 0.307. The van der Waals surface area contributed by atoms with Crippen LogP contribution < -0.4 is 9.80 Å². The topological polar surface area (TPSA) is 32.3 Å². The maximum Gasteiger partial charge on any atom is 0.161 e. The van der Waals surface area contributed by atoms with E-state index in [-0.39, 0.29) is 0 Å². The molecule has 0 spiro atoms. The van der Waals surface area contributed by atoms with Crippen molar-refractivity contribution in [1.29, 1.82) is 0 Å². The molecule has 2 atom stereocenters.